The molecule has 0 atom stereocenters. The zero-order valence-corrected chi connectivity index (χ0v) is 12.8. The molecule has 2 aromatic heterocycles. The number of aromatic nitrogens is 4. The van der Waals surface area contributed by atoms with Crippen molar-refractivity contribution in [3.63, 3.8) is 0 Å². The van der Waals surface area contributed by atoms with Crippen LogP contribution in [-0.4, -0.2) is 38.4 Å². The van der Waals surface area contributed by atoms with Gasteiger partial charge in [0.25, 0.3) is 0 Å². The monoisotopic (exact) mass is 297 g/mol. The molecule has 0 aliphatic carbocycles. The van der Waals surface area contributed by atoms with Crippen molar-refractivity contribution in [1.29, 1.82) is 0 Å². The molecule has 0 aliphatic heterocycles. The van der Waals surface area contributed by atoms with E-state index < -0.39 is 0 Å². The number of halogens is 1. The third-order valence-corrected chi connectivity index (χ3v) is 3.01. The van der Waals surface area contributed by atoms with Crippen LogP contribution in [0.5, 0.6) is 0 Å². The van der Waals surface area contributed by atoms with Gasteiger partial charge in [0.2, 0.25) is 5.89 Å². The minimum atomic E-state index is 0.519. The molecule has 6 nitrogen and oxygen atoms in total. The van der Waals surface area contributed by atoms with Crippen molar-refractivity contribution in [1.82, 2.24) is 24.8 Å². The molecule has 0 amide bonds. The third-order valence-electron chi connectivity index (χ3n) is 2.82. The van der Waals surface area contributed by atoms with Crippen molar-refractivity contribution in [3.05, 3.63) is 29.1 Å². The number of hydrogen-bond acceptors (Lipinski definition) is 5. The van der Waals surface area contributed by atoms with Crippen molar-refractivity contribution in [3.8, 4) is 0 Å². The second-order valence-corrected chi connectivity index (χ2v) is 5.80. The van der Waals surface area contributed by atoms with Crippen molar-refractivity contribution in [2.75, 3.05) is 13.6 Å². The summed E-state index contributed by atoms with van der Waals surface area (Å²) in [5.41, 5.74) is 0. The van der Waals surface area contributed by atoms with Crippen LogP contribution in [0, 0.1) is 5.92 Å². The SMILES string of the molecule is CC(C)Cc1nc(CN(C)CCn2cc(Cl)cn2)no1. The van der Waals surface area contributed by atoms with E-state index in [2.05, 4.69) is 34.0 Å². The summed E-state index contributed by atoms with van der Waals surface area (Å²) in [6, 6.07) is 0. The Balaban J connectivity index is 1.79. The van der Waals surface area contributed by atoms with E-state index in [1.54, 1.807) is 6.20 Å². The summed E-state index contributed by atoms with van der Waals surface area (Å²) in [5.74, 6) is 1.95. The van der Waals surface area contributed by atoms with E-state index in [0.29, 0.717) is 23.4 Å². The summed E-state index contributed by atoms with van der Waals surface area (Å²) in [6.45, 7) is 6.54. The lowest BCUT2D eigenvalue weighted by Crippen LogP contribution is -2.23. The second kappa shape index (κ2) is 6.85. The van der Waals surface area contributed by atoms with Gasteiger partial charge in [0.05, 0.1) is 24.3 Å². The molecule has 0 aliphatic rings. The first-order chi connectivity index (χ1) is 9.52. The molecule has 7 heteroatoms. The van der Waals surface area contributed by atoms with Gasteiger partial charge in [0.1, 0.15) is 0 Å². The maximum absolute atomic E-state index is 5.82. The van der Waals surface area contributed by atoms with Gasteiger partial charge in [-0.15, -0.1) is 0 Å². The molecule has 0 unspecified atom stereocenters. The van der Waals surface area contributed by atoms with Crippen molar-refractivity contribution < 1.29 is 4.52 Å². The van der Waals surface area contributed by atoms with Gasteiger partial charge >= 0.3 is 0 Å². The van der Waals surface area contributed by atoms with E-state index >= 15 is 0 Å². The average molecular weight is 298 g/mol. The first-order valence-electron chi connectivity index (χ1n) is 6.71. The van der Waals surface area contributed by atoms with Gasteiger partial charge in [0, 0.05) is 19.2 Å². The average Bonchev–Trinajstić information content (AvgIpc) is 2.95. The van der Waals surface area contributed by atoms with E-state index in [1.807, 2.05) is 17.9 Å². The molecule has 0 bridgehead atoms. The Morgan fingerprint density at radius 3 is 2.90 bits per heavy atom. The molecule has 0 radical (unpaired) electrons. The van der Waals surface area contributed by atoms with Crippen LogP contribution < -0.4 is 0 Å². The van der Waals surface area contributed by atoms with Crippen molar-refractivity contribution in [2.24, 2.45) is 5.92 Å². The molecule has 20 heavy (non-hydrogen) atoms. The maximum Gasteiger partial charge on any atom is 0.226 e. The van der Waals surface area contributed by atoms with Crippen LogP contribution in [0.1, 0.15) is 25.6 Å². The predicted octanol–water partition coefficient (Wildman–Crippen LogP) is 2.25. The number of nitrogens with zero attached hydrogens (tertiary/aromatic N) is 5. The molecule has 2 rings (SSSR count). The van der Waals surface area contributed by atoms with Gasteiger partial charge in [-0.2, -0.15) is 10.1 Å². The fourth-order valence-electron chi connectivity index (χ4n) is 1.84. The molecule has 0 saturated heterocycles. The zero-order chi connectivity index (χ0) is 14.5. The smallest absolute Gasteiger partial charge is 0.226 e. The normalized spacial score (nSPS) is 11.7. The molecule has 2 heterocycles. The van der Waals surface area contributed by atoms with E-state index in [0.717, 1.165) is 25.3 Å². The fourth-order valence-corrected chi connectivity index (χ4v) is 2.00. The highest BCUT2D eigenvalue weighted by Gasteiger charge is 2.10. The summed E-state index contributed by atoms with van der Waals surface area (Å²) in [7, 11) is 2.02. The van der Waals surface area contributed by atoms with Gasteiger partial charge in [-0.3, -0.25) is 9.58 Å². The third kappa shape index (κ3) is 4.61. The molecule has 110 valence electrons. The Morgan fingerprint density at radius 1 is 1.45 bits per heavy atom. The Hall–Kier alpha value is -1.40. The molecule has 2 aromatic rings. The quantitative estimate of drug-likeness (QED) is 0.784. The minimum absolute atomic E-state index is 0.519. The first kappa shape index (κ1) is 15.0. The molecular weight excluding hydrogens is 278 g/mol. The van der Waals surface area contributed by atoms with Crippen LogP contribution in [0.3, 0.4) is 0 Å². The molecular formula is C13H20ClN5O. The summed E-state index contributed by atoms with van der Waals surface area (Å²) in [5, 5.41) is 8.79. The topological polar surface area (TPSA) is 60.0 Å². The first-order valence-corrected chi connectivity index (χ1v) is 7.08. The highest BCUT2D eigenvalue weighted by atomic mass is 35.5. The molecule has 0 saturated carbocycles. The Morgan fingerprint density at radius 2 is 2.25 bits per heavy atom. The van der Waals surface area contributed by atoms with E-state index in [1.165, 1.54) is 0 Å². The fraction of sp³-hybridized carbons (Fsp3) is 0.615. The highest BCUT2D eigenvalue weighted by Crippen LogP contribution is 2.07. The lowest BCUT2D eigenvalue weighted by molar-refractivity contribution is 0.289. The Bertz CT molecular complexity index is 536. The number of hydrogen-bond donors (Lipinski definition) is 0. The van der Waals surface area contributed by atoms with E-state index in [9.17, 15) is 0 Å². The van der Waals surface area contributed by atoms with Crippen LogP contribution in [-0.2, 0) is 19.5 Å². The van der Waals surface area contributed by atoms with E-state index in [-0.39, 0.29) is 0 Å². The van der Waals surface area contributed by atoms with Crippen LogP contribution >= 0.6 is 11.6 Å². The largest absolute Gasteiger partial charge is 0.339 e. The summed E-state index contributed by atoms with van der Waals surface area (Å²) in [6.07, 6.45) is 4.27. The van der Waals surface area contributed by atoms with Crippen LogP contribution in [0.25, 0.3) is 0 Å². The summed E-state index contributed by atoms with van der Waals surface area (Å²) in [4.78, 5) is 6.51. The molecule has 0 spiro atoms. The van der Waals surface area contributed by atoms with Gasteiger partial charge in [-0.1, -0.05) is 30.6 Å². The summed E-state index contributed by atoms with van der Waals surface area (Å²) < 4.78 is 7.04. The number of rotatable bonds is 7. The van der Waals surface area contributed by atoms with Crippen LogP contribution in [0.4, 0.5) is 0 Å². The Kier molecular flexibility index (Phi) is 5.14. The van der Waals surface area contributed by atoms with E-state index in [4.69, 9.17) is 16.1 Å². The second-order valence-electron chi connectivity index (χ2n) is 5.36. The molecule has 0 fully saturated rings. The van der Waals surface area contributed by atoms with Gasteiger partial charge in [-0.25, -0.2) is 0 Å². The van der Waals surface area contributed by atoms with Gasteiger partial charge in [-0.05, 0) is 13.0 Å². The van der Waals surface area contributed by atoms with Crippen molar-refractivity contribution >= 4 is 11.6 Å². The van der Waals surface area contributed by atoms with Gasteiger partial charge < -0.3 is 4.52 Å². The standard InChI is InChI=1S/C13H20ClN5O/c1-10(2)6-13-16-12(17-20-13)9-18(3)4-5-19-8-11(14)7-15-19/h7-8,10H,4-6,9H2,1-3H3. The number of likely N-dealkylation sites (N-methyl/N-ethyl adjacent to an activating group) is 1. The lowest BCUT2D eigenvalue weighted by Gasteiger charge is -2.13. The lowest BCUT2D eigenvalue weighted by atomic mass is 10.1. The summed E-state index contributed by atoms with van der Waals surface area (Å²) >= 11 is 5.82. The maximum atomic E-state index is 5.82. The van der Waals surface area contributed by atoms with Crippen LogP contribution in [0.2, 0.25) is 5.02 Å². The van der Waals surface area contributed by atoms with Crippen molar-refractivity contribution in [2.45, 2.75) is 33.4 Å². The van der Waals surface area contributed by atoms with Gasteiger partial charge in [0.15, 0.2) is 5.82 Å². The predicted molar refractivity (Wildman–Crippen MR) is 76.4 cm³/mol. The molecule has 0 N–H and O–H groups in total. The minimum Gasteiger partial charge on any atom is -0.339 e. The zero-order valence-electron chi connectivity index (χ0n) is 12.1. The molecule has 0 aromatic carbocycles. The Labute approximate surface area is 123 Å². The van der Waals surface area contributed by atoms with Crippen LogP contribution in [0.15, 0.2) is 16.9 Å². The highest BCUT2D eigenvalue weighted by molar-refractivity contribution is 6.30.